The number of halogens is 3. The Balaban J connectivity index is 1.64. The number of carboxylic acid groups (broad SMARTS) is 1. The highest BCUT2D eigenvalue weighted by molar-refractivity contribution is 5.89. The lowest BCUT2D eigenvalue weighted by Crippen LogP contribution is -2.52. The van der Waals surface area contributed by atoms with Gasteiger partial charge in [-0.1, -0.05) is 61.9 Å². The van der Waals surface area contributed by atoms with Gasteiger partial charge < -0.3 is 20.5 Å². The molecule has 3 rings (SSSR count). The molecule has 1 unspecified atom stereocenters. The molecule has 0 aliphatic heterocycles. The fourth-order valence-electron chi connectivity index (χ4n) is 4.04. The van der Waals surface area contributed by atoms with E-state index in [9.17, 15) is 27.6 Å². The van der Waals surface area contributed by atoms with Gasteiger partial charge in [0.25, 0.3) is 0 Å². The van der Waals surface area contributed by atoms with Crippen molar-refractivity contribution >= 4 is 18.0 Å². The summed E-state index contributed by atoms with van der Waals surface area (Å²) in [6.45, 7) is 1.70. The number of carbonyl (C=O) groups is 3. The maximum absolute atomic E-state index is 12.6. The van der Waals surface area contributed by atoms with Crippen molar-refractivity contribution < 1.29 is 37.4 Å². The number of ether oxygens (including phenoxy) is 1. The SMILES string of the molecule is CCC[C@@H](NC(=O)OCC1c2ccccc2-c2ccccc21)C(=O)NC(CC(F)(F)F)C(=O)O. The number of alkyl halides is 3. The molecule has 34 heavy (non-hydrogen) atoms. The summed E-state index contributed by atoms with van der Waals surface area (Å²) in [5.41, 5.74) is 4.08. The van der Waals surface area contributed by atoms with E-state index in [1.165, 1.54) is 0 Å². The van der Waals surface area contributed by atoms with E-state index in [0.29, 0.717) is 6.42 Å². The zero-order valence-corrected chi connectivity index (χ0v) is 18.4. The van der Waals surface area contributed by atoms with Crippen molar-refractivity contribution in [2.45, 2.75) is 50.4 Å². The van der Waals surface area contributed by atoms with E-state index in [1.54, 1.807) is 6.92 Å². The van der Waals surface area contributed by atoms with Gasteiger partial charge in [-0.3, -0.25) is 4.79 Å². The Hall–Kier alpha value is -3.56. The maximum Gasteiger partial charge on any atom is 0.407 e. The quantitative estimate of drug-likeness (QED) is 0.501. The first-order valence-corrected chi connectivity index (χ1v) is 10.8. The lowest BCUT2D eigenvalue weighted by molar-refractivity contribution is -0.160. The van der Waals surface area contributed by atoms with Crippen LogP contribution in [0.4, 0.5) is 18.0 Å². The lowest BCUT2D eigenvalue weighted by atomic mass is 9.98. The van der Waals surface area contributed by atoms with Gasteiger partial charge in [-0.05, 0) is 28.7 Å². The van der Waals surface area contributed by atoms with E-state index in [2.05, 4.69) is 5.32 Å². The molecule has 10 heteroatoms. The van der Waals surface area contributed by atoms with Gasteiger partial charge in [0.2, 0.25) is 5.91 Å². The molecule has 0 saturated carbocycles. The van der Waals surface area contributed by atoms with Crippen LogP contribution in [-0.2, 0) is 14.3 Å². The summed E-state index contributed by atoms with van der Waals surface area (Å²) in [5, 5.41) is 13.2. The normalized spacial score (nSPS) is 14.5. The van der Waals surface area contributed by atoms with E-state index in [0.717, 1.165) is 22.3 Å². The van der Waals surface area contributed by atoms with Crippen LogP contribution in [0.3, 0.4) is 0 Å². The number of amides is 2. The second kappa shape index (κ2) is 10.6. The van der Waals surface area contributed by atoms with Crippen LogP contribution in [0.5, 0.6) is 0 Å². The first-order valence-electron chi connectivity index (χ1n) is 10.8. The molecule has 2 amide bonds. The zero-order chi connectivity index (χ0) is 24.9. The summed E-state index contributed by atoms with van der Waals surface area (Å²) in [5.74, 6) is -3.05. The first kappa shape index (κ1) is 25.1. The van der Waals surface area contributed by atoms with Gasteiger partial charge >= 0.3 is 18.2 Å². The molecule has 0 radical (unpaired) electrons. The van der Waals surface area contributed by atoms with Gasteiger partial charge in [0.15, 0.2) is 0 Å². The number of aliphatic carboxylic acids is 1. The molecule has 1 aliphatic carbocycles. The zero-order valence-electron chi connectivity index (χ0n) is 18.4. The van der Waals surface area contributed by atoms with Crippen molar-refractivity contribution in [1.82, 2.24) is 10.6 Å². The Morgan fingerprint density at radius 2 is 1.53 bits per heavy atom. The number of alkyl carbamates (subject to hydrolysis) is 1. The second-order valence-electron chi connectivity index (χ2n) is 8.03. The molecule has 0 aromatic heterocycles. The predicted octanol–water partition coefficient (Wildman–Crippen LogP) is 4.22. The van der Waals surface area contributed by atoms with Gasteiger partial charge in [-0.2, -0.15) is 13.2 Å². The average Bonchev–Trinajstić information content (AvgIpc) is 3.09. The third kappa shape index (κ3) is 6.06. The number of hydrogen-bond acceptors (Lipinski definition) is 4. The van der Waals surface area contributed by atoms with Gasteiger partial charge in [0.05, 0.1) is 6.42 Å². The molecule has 0 saturated heterocycles. The minimum Gasteiger partial charge on any atom is -0.480 e. The molecule has 0 bridgehead atoms. The molecule has 3 N–H and O–H groups in total. The number of hydrogen-bond donors (Lipinski definition) is 3. The Morgan fingerprint density at radius 1 is 0.971 bits per heavy atom. The van der Waals surface area contributed by atoms with Crippen LogP contribution in [0.2, 0.25) is 0 Å². The van der Waals surface area contributed by atoms with E-state index in [-0.39, 0.29) is 18.9 Å². The first-order chi connectivity index (χ1) is 16.1. The average molecular weight is 478 g/mol. The van der Waals surface area contributed by atoms with Crippen LogP contribution >= 0.6 is 0 Å². The Labute approximate surface area is 194 Å². The van der Waals surface area contributed by atoms with Crippen molar-refractivity contribution in [2.75, 3.05) is 6.61 Å². The van der Waals surface area contributed by atoms with Crippen LogP contribution in [0, 0.1) is 0 Å². The highest BCUT2D eigenvalue weighted by Crippen LogP contribution is 2.44. The summed E-state index contributed by atoms with van der Waals surface area (Å²) in [6, 6.07) is 12.1. The van der Waals surface area contributed by atoms with Crippen molar-refractivity contribution in [3.05, 3.63) is 59.7 Å². The van der Waals surface area contributed by atoms with Gasteiger partial charge in [0, 0.05) is 5.92 Å². The second-order valence-corrected chi connectivity index (χ2v) is 8.03. The Morgan fingerprint density at radius 3 is 2.03 bits per heavy atom. The van der Waals surface area contributed by atoms with E-state index < -0.39 is 42.7 Å². The Kier molecular flexibility index (Phi) is 7.80. The smallest absolute Gasteiger partial charge is 0.407 e. The molecule has 2 atom stereocenters. The van der Waals surface area contributed by atoms with Crippen LogP contribution in [0.25, 0.3) is 11.1 Å². The van der Waals surface area contributed by atoms with Gasteiger partial charge in [-0.25, -0.2) is 9.59 Å². The van der Waals surface area contributed by atoms with E-state index in [1.807, 2.05) is 53.8 Å². The molecule has 0 spiro atoms. The number of nitrogens with one attached hydrogen (secondary N) is 2. The minimum atomic E-state index is -4.78. The van der Waals surface area contributed by atoms with Crippen molar-refractivity contribution in [2.24, 2.45) is 0 Å². The molecule has 0 fully saturated rings. The van der Waals surface area contributed by atoms with Crippen molar-refractivity contribution in [3.63, 3.8) is 0 Å². The molecule has 1 aliphatic rings. The topological polar surface area (TPSA) is 105 Å². The van der Waals surface area contributed by atoms with E-state index >= 15 is 0 Å². The fraction of sp³-hybridized carbons (Fsp3) is 0.375. The number of rotatable bonds is 9. The van der Waals surface area contributed by atoms with Crippen LogP contribution in [0.15, 0.2) is 48.5 Å². The third-order valence-corrected chi connectivity index (χ3v) is 5.58. The van der Waals surface area contributed by atoms with Gasteiger partial charge in [0.1, 0.15) is 18.7 Å². The number of carboxylic acids is 1. The summed E-state index contributed by atoms with van der Waals surface area (Å²) < 4.78 is 43.3. The van der Waals surface area contributed by atoms with E-state index in [4.69, 9.17) is 9.84 Å². The maximum atomic E-state index is 12.6. The van der Waals surface area contributed by atoms with Crippen LogP contribution in [-0.4, -0.2) is 47.9 Å². The predicted molar refractivity (Wildman–Crippen MR) is 117 cm³/mol. The molecule has 0 heterocycles. The summed E-state index contributed by atoms with van der Waals surface area (Å²) in [6.07, 6.45) is -6.92. The molecule has 2 aromatic rings. The number of benzene rings is 2. The molecular weight excluding hydrogens is 453 g/mol. The summed E-state index contributed by atoms with van der Waals surface area (Å²) >= 11 is 0. The van der Waals surface area contributed by atoms with Crippen molar-refractivity contribution in [1.29, 1.82) is 0 Å². The highest BCUT2D eigenvalue weighted by atomic mass is 19.4. The number of carbonyl (C=O) groups excluding carboxylic acids is 2. The largest absolute Gasteiger partial charge is 0.480 e. The molecular formula is C24H25F3N2O5. The fourth-order valence-corrected chi connectivity index (χ4v) is 4.04. The highest BCUT2D eigenvalue weighted by Gasteiger charge is 2.37. The number of fused-ring (bicyclic) bond motifs is 3. The monoisotopic (exact) mass is 478 g/mol. The van der Waals surface area contributed by atoms with Gasteiger partial charge in [-0.15, -0.1) is 0 Å². The van der Waals surface area contributed by atoms with Crippen molar-refractivity contribution in [3.8, 4) is 11.1 Å². The third-order valence-electron chi connectivity index (χ3n) is 5.58. The lowest BCUT2D eigenvalue weighted by Gasteiger charge is -2.22. The molecule has 2 aromatic carbocycles. The summed E-state index contributed by atoms with van der Waals surface area (Å²) in [4.78, 5) is 36.0. The van der Waals surface area contributed by atoms with Crippen LogP contribution in [0.1, 0.15) is 43.2 Å². The Bertz CT molecular complexity index is 1010. The molecule has 7 nitrogen and oxygen atoms in total. The minimum absolute atomic E-state index is 0.00779. The van der Waals surface area contributed by atoms with Crippen LogP contribution < -0.4 is 10.6 Å². The standard InChI is InChI=1S/C24H25F3N2O5/c1-2-7-19(21(30)28-20(22(31)32)12-24(25,26)27)29-23(33)34-13-18-16-10-5-3-8-14(16)15-9-4-6-11-17(15)18/h3-6,8-11,18-20H,2,7,12-13H2,1H3,(H,28,30)(H,29,33)(H,31,32)/t19-,20?/m1/s1. The molecule has 182 valence electrons. The summed E-state index contributed by atoms with van der Waals surface area (Å²) in [7, 11) is 0.